The summed E-state index contributed by atoms with van der Waals surface area (Å²) < 4.78 is 15.4. The molecule has 2 amide bonds. The number of carbonyl (C=O) groups excluding carboxylic acids is 4. The number of rotatable bonds is 8. The normalized spacial score (nSPS) is 27.5. The van der Waals surface area contributed by atoms with E-state index in [1.165, 1.54) is 0 Å². The first kappa shape index (κ1) is 29.6. The van der Waals surface area contributed by atoms with Gasteiger partial charge in [-0.3, -0.25) is 24.1 Å². The molecule has 3 aliphatic carbocycles. The topological polar surface area (TPSA) is 215 Å². The summed E-state index contributed by atoms with van der Waals surface area (Å²) in [5.41, 5.74) is 0.202. The monoisotopic (exact) mass is 587 g/mol. The zero-order valence-corrected chi connectivity index (χ0v) is 23.0. The van der Waals surface area contributed by atoms with Gasteiger partial charge in [0.25, 0.3) is 5.91 Å². The third-order valence-corrected chi connectivity index (χ3v) is 8.73. The summed E-state index contributed by atoms with van der Waals surface area (Å²) >= 11 is 0. The molecule has 9 N–H and O–H groups in total. The van der Waals surface area contributed by atoms with Gasteiger partial charge < -0.3 is 42.1 Å². The number of fused-ring (bicyclic) bond motifs is 3. The number of allylic oxidation sites excluding steroid dienone is 1. The number of phenols is 1. The van der Waals surface area contributed by atoms with Crippen molar-refractivity contribution in [3.05, 3.63) is 45.7 Å². The number of primary amides is 1. The lowest BCUT2D eigenvalue weighted by molar-refractivity contribution is -0.146. The first-order chi connectivity index (χ1) is 19.9. The van der Waals surface area contributed by atoms with Crippen molar-refractivity contribution in [3.63, 3.8) is 0 Å². The van der Waals surface area contributed by atoms with Crippen molar-refractivity contribution < 1.29 is 44.0 Å². The number of aliphatic hydroxyl groups is 3. The van der Waals surface area contributed by atoms with Crippen molar-refractivity contribution in [2.45, 2.75) is 37.3 Å². The van der Waals surface area contributed by atoms with Gasteiger partial charge in [-0.2, -0.15) is 0 Å². The van der Waals surface area contributed by atoms with Gasteiger partial charge in [0, 0.05) is 36.2 Å². The van der Waals surface area contributed by atoms with E-state index in [1.807, 2.05) is 4.90 Å². The molecule has 4 aliphatic rings. The van der Waals surface area contributed by atoms with E-state index < -0.39 is 86.7 Å². The molecular weight excluding hydrogens is 553 g/mol. The number of likely N-dealkylation sites (N-methyl/N-ethyl adjacent to an activating group) is 1. The Morgan fingerprint density at radius 2 is 1.86 bits per heavy atom. The summed E-state index contributed by atoms with van der Waals surface area (Å²) in [5.74, 6) is -9.76. The molecule has 13 nitrogen and oxygen atoms in total. The fourth-order valence-corrected chi connectivity index (χ4v) is 6.72. The highest BCUT2D eigenvalue weighted by Gasteiger charge is 2.62. The van der Waals surface area contributed by atoms with Crippen LogP contribution in [0.1, 0.15) is 35.2 Å². The van der Waals surface area contributed by atoms with Crippen LogP contribution in [0.15, 0.2) is 28.7 Å². The van der Waals surface area contributed by atoms with E-state index in [4.69, 9.17) is 5.73 Å². The Balaban J connectivity index is 1.55. The fourth-order valence-electron chi connectivity index (χ4n) is 6.72. The van der Waals surface area contributed by atoms with E-state index >= 15 is 4.39 Å². The van der Waals surface area contributed by atoms with E-state index in [1.54, 1.807) is 7.05 Å². The highest BCUT2D eigenvalue weighted by molar-refractivity contribution is 6.25. The lowest BCUT2D eigenvalue weighted by atomic mass is 9.58. The predicted octanol–water partition coefficient (Wildman–Crippen LogP) is -0.459. The highest BCUT2D eigenvalue weighted by atomic mass is 19.1. The lowest BCUT2D eigenvalue weighted by Gasteiger charge is -2.48. The quantitative estimate of drug-likeness (QED) is 0.111. The predicted molar refractivity (Wildman–Crippen MR) is 146 cm³/mol. The summed E-state index contributed by atoms with van der Waals surface area (Å²) in [6.07, 6.45) is 1.52. The summed E-state index contributed by atoms with van der Waals surface area (Å²) in [4.78, 5) is 53.8. The summed E-state index contributed by atoms with van der Waals surface area (Å²) in [5, 5.41) is 53.2. The number of halogens is 1. The van der Waals surface area contributed by atoms with Crippen LogP contribution in [0.25, 0.3) is 0 Å². The first-order valence-corrected chi connectivity index (χ1v) is 13.8. The second-order valence-electron chi connectivity index (χ2n) is 11.2. The van der Waals surface area contributed by atoms with Gasteiger partial charge >= 0.3 is 0 Å². The fraction of sp³-hybridized carbons (Fsp3) is 0.500. The molecule has 1 aliphatic heterocycles. The molecule has 5 rings (SSSR count). The number of hydrogen-bond acceptors (Lipinski definition) is 11. The van der Waals surface area contributed by atoms with Gasteiger partial charge in [0.1, 0.15) is 22.9 Å². The van der Waals surface area contributed by atoms with Gasteiger partial charge in [0.2, 0.25) is 11.7 Å². The summed E-state index contributed by atoms with van der Waals surface area (Å²) in [6.45, 7) is 2.09. The largest absolute Gasteiger partial charge is 0.510 e. The van der Waals surface area contributed by atoms with E-state index in [0.29, 0.717) is 6.54 Å². The van der Waals surface area contributed by atoms with Crippen LogP contribution in [0.4, 0.5) is 10.1 Å². The molecule has 0 saturated carbocycles. The SMILES string of the molecule is CNCCN[C@H]1C(O)=C(C(N)=O)C(=O)[C@@]2(O)C(O)=C3C(=O)c4c(O)c(NC(=O)CN5CCCC5)cc(F)c4C[C@H]3C[C@@H]12. The maximum absolute atomic E-state index is 15.4. The second-order valence-corrected chi connectivity index (χ2v) is 11.2. The van der Waals surface area contributed by atoms with E-state index in [9.17, 15) is 39.6 Å². The minimum Gasteiger partial charge on any atom is -0.510 e. The Hall–Kier alpha value is -3.85. The molecule has 0 aromatic heterocycles. The third-order valence-electron chi connectivity index (χ3n) is 8.73. The van der Waals surface area contributed by atoms with Crippen LogP contribution >= 0.6 is 0 Å². The Bertz CT molecular complexity index is 1440. The molecule has 0 bridgehead atoms. The number of ketones is 2. The molecule has 1 saturated heterocycles. The molecule has 4 atom stereocenters. The van der Waals surface area contributed by atoms with Crippen molar-refractivity contribution in [2.75, 3.05) is 45.1 Å². The zero-order chi connectivity index (χ0) is 30.5. The molecule has 1 fully saturated rings. The number of nitrogens with two attached hydrogens (primary N) is 1. The number of nitrogens with one attached hydrogen (secondary N) is 3. The molecule has 0 spiro atoms. The minimum atomic E-state index is -2.82. The van der Waals surface area contributed by atoms with Gasteiger partial charge in [-0.1, -0.05) is 0 Å². The molecule has 1 heterocycles. The van der Waals surface area contributed by atoms with Crippen LogP contribution in [0.2, 0.25) is 0 Å². The smallest absolute Gasteiger partial charge is 0.255 e. The number of anilines is 1. The van der Waals surface area contributed by atoms with E-state index in [-0.39, 0.29) is 37.2 Å². The summed E-state index contributed by atoms with van der Waals surface area (Å²) in [6, 6.07) is -0.285. The number of benzene rings is 1. The maximum atomic E-state index is 15.4. The first-order valence-electron chi connectivity index (χ1n) is 13.8. The number of aromatic hydroxyl groups is 1. The van der Waals surface area contributed by atoms with Gasteiger partial charge in [-0.05, 0) is 51.7 Å². The average Bonchev–Trinajstić information content (AvgIpc) is 3.43. The van der Waals surface area contributed by atoms with Crippen LogP contribution in [-0.2, 0) is 20.8 Å². The van der Waals surface area contributed by atoms with Crippen LogP contribution in [-0.4, -0.2) is 100 Å². The van der Waals surface area contributed by atoms with Gasteiger partial charge in [0.15, 0.2) is 17.1 Å². The minimum absolute atomic E-state index is 0.0166. The summed E-state index contributed by atoms with van der Waals surface area (Å²) in [7, 11) is 1.67. The molecule has 14 heteroatoms. The van der Waals surface area contributed by atoms with Crippen LogP contribution < -0.4 is 21.7 Å². The number of Topliss-reactive ketones (excluding diaryl/α,β-unsaturated/α-hetero) is 2. The molecular formula is C28H34FN5O8. The van der Waals surface area contributed by atoms with Crippen LogP contribution in [0, 0.1) is 17.7 Å². The standard InChI is InChI=1S/C28H34FN5O8/c1-31-4-5-32-21-14-9-12-8-13-15(29)10-16(33-17(35)11-34-6-2-3-7-34)22(36)19(13)23(37)18(12)25(39)28(14,42)26(40)20(24(21)38)27(30)41/h10,12,14,21,31-32,36,38-39,42H,2-9,11H2,1H3,(H2,30,41)(H,33,35)/t12-,14-,21+,28-/m0/s1. The van der Waals surface area contributed by atoms with Crippen molar-refractivity contribution in [2.24, 2.45) is 17.6 Å². The van der Waals surface area contributed by atoms with Crippen LogP contribution in [0.5, 0.6) is 5.75 Å². The third kappa shape index (κ3) is 4.64. The number of hydrogen-bond donors (Lipinski definition) is 8. The molecule has 0 radical (unpaired) electrons. The maximum Gasteiger partial charge on any atom is 0.255 e. The lowest BCUT2D eigenvalue weighted by Crippen LogP contribution is -2.64. The Kier molecular flexibility index (Phi) is 7.83. The van der Waals surface area contributed by atoms with Crippen molar-refractivity contribution in [3.8, 4) is 5.75 Å². The zero-order valence-electron chi connectivity index (χ0n) is 23.0. The van der Waals surface area contributed by atoms with E-state index in [0.717, 1.165) is 32.0 Å². The Morgan fingerprint density at radius 1 is 1.17 bits per heavy atom. The number of nitrogens with zero attached hydrogens (tertiary/aromatic N) is 1. The van der Waals surface area contributed by atoms with Crippen molar-refractivity contribution in [1.29, 1.82) is 0 Å². The number of aliphatic hydroxyl groups excluding tert-OH is 2. The molecule has 1 aromatic carbocycles. The van der Waals surface area contributed by atoms with Gasteiger partial charge in [0.05, 0.1) is 23.8 Å². The highest BCUT2D eigenvalue weighted by Crippen LogP contribution is 2.52. The second kappa shape index (κ2) is 11.1. The molecule has 226 valence electrons. The number of likely N-dealkylation sites (tertiary alicyclic amines) is 1. The average molecular weight is 588 g/mol. The van der Waals surface area contributed by atoms with Crippen LogP contribution in [0.3, 0.4) is 0 Å². The van der Waals surface area contributed by atoms with E-state index in [2.05, 4.69) is 16.0 Å². The van der Waals surface area contributed by atoms with Crippen molar-refractivity contribution >= 4 is 29.1 Å². The number of amides is 2. The number of phenolic OH excluding ortho intramolecular Hbond substituents is 1. The van der Waals surface area contributed by atoms with Gasteiger partial charge in [-0.25, -0.2) is 4.39 Å². The Morgan fingerprint density at radius 3 is 2.50 bits per heavy atom. The molecule has 42 heavy (non-hydrogen) atoms. The number of carbonyl (C=O) groups is 4. The van der Waals surface area contributed by atoms with Crippen molar-refractivity contribution in [1.82, 2.24) is 15.5 Å². The Labute approximate surface area is 240 Å². The van der Waals surface area contributed by atoms with Gasteiger partial charge in [-0.15, -0.1) is 0 Å². The molecule has 0 unspecified atom stereocenters. The molecule has 1 aromatic rings.